The van der Waals surface area contributed by atoms with Crippen LogP contribution in [0.15, 0.2) is 6.20 Å². The quantitative estimate of drug-likeness (QED) is 0.166. The maximum atomic E-state index is 13.6. The van der Waals surface area contributed by atoms with E-state index in [0.29, 0.717) is 24.1 Å². The van der Waals surface area contributed by atoms with E-state index in [9.17, 15) is 4.57 Å². The highest BCUT2D eigenvalue weighted by Gasteiger charge is 2.55. The molecule has 2 aromatic rings. The molecule has 12 nitrogen and oxygen atoms in total. The van der Waals surface area contributed by atoms with Crippen LogP contribution < -0.4 is 5.32 Å². The summed E-state index contributed by atoms with van der Waals surface area (Å²) in [6, 6.07) is 0.346. The second kappa shape index (κ2) is 13.0. The lowest BCUT2D eigenvalue weighted by Crippen LogP contribution is -2.33. The molecule has 4 heterocycles. The first-order valence-electron chi connectivity index (χ1n) is 15.7. The SMILES string of the molecule is CC(C)(C)OP(=O)(COC[C@H]1O[C@H](Cn2ncc3c(NC4CCCCCC4)nc(Cl)nc32)[C@@H]2OC(C)(C)O[C@@H]21)OC(C)(C)C. The number of anilines is 1. The Morgan fingerprint density at radius 1 is 1.00 bits per heavy atom. The molecule has 2 aromatic heterocycles. The molecule has 0 radical (unpaired) electrons. The van der Waals surface area contributed by atoms with Gasteiger partial charge in [0, 0.05) is 6.04 Å². The zero-order valence-electron chi connectivity index (χ0n) is 27.3. The summed E-state index contributed by atoms with van der Waals surface area (Å²) >= 11 is 6.40. The maximum Gasteiger partial charge on any atom is 0.357 e. The van der Waals surface area contributed by atoms with Gasteiger partial charge in [0.1, 0.15) is 36.6 Å². The summed E-state index contributed by atoms with van der Waals surface area (Å²) < 4.78 is 52.1. The summed E-state index contributed by atoms with van der Waals surface area (Å²) in [7, 11) is -3.58. The van der Waals surface area contributed by atoms with Crippen molar-refractivity contribution in [3.8, 4) is 0 Å². The molecule has 0 aromatic carbocycles. The van der Waals surface area contributed by atoms with Crippen LogP contribution in [-0.2, 0) is 39.1 Å². The van der Waals surface area contributed by atoms with Gasteiger partial charge in [-0.25, -0.2) is 4.68 Å². The fourth-order valence-electron chi connectivity index (χ4n) is 6.20. The van der Waals surface area contributed by atoms with Crippen LogP contribution in [0.25, 0.3) is 11.0 Å². The molecular formula is C30H49ClN5O7P. The van der Waals surface area contributed by atoms with Crippen LogP contribution in [0.2, 0.25) is 5.28 Å². The Morgan fingerprint density at radius 3 is 2.23 bits per heavy atom. The van der Waals surface area contributed by atoms with E-state index in [1.165, 1.54) is 25.7 Å². The number of aromatic nitrogens is 4. The molecule has 0 bridgehead atoms. The Hall–Kier alpha value is -1.37. The average molecular weight is 658 g/mol. The van der Waals surface area contributed by atoms with Gasteiger partial charge in [-0.05, 0) is 79.8 Å². The largest absolute Gasteiger partial charge is 0.367 e. The Kier molecular flexibility index (Phi) is 10.1. The first-order chi connectivity index (χ1) is 20.5. The molecule has 1 saturated carbocycles. The lowest BCUT2D eigenvalue weighted by atomic mass is 10.1. The number of rotatable bonds is 10. The second-order valence-corrected chi connectivity index (χ2v) is 16.7. The predicted molar refractivity (Wildman–Crippen MR) is 168 cm³/mol. The molecule has 0 spiro atoms. The number of ether oxygens (including phenoxy) is 4. The standard InChI is InChI=1S/C30H49ClN5O7P/c1-28(2,3)42-44(37,43-29(4,5)6)18-38-17-22-24-23(40-30(7,8)41-24)21(39-22)16-36-26-20(15-32-36)25(34-27(31)35-26)33-19-13-11-9-10-12-14-19/h15,19,21-24H,9-14,16-18H2,1-8H3,(H,33,34,35)/t21-,22-,23+,24-/m1/s1. The van der Waals surface area contributed by atoms with E-state index in [2.05, 4.69) is 20.4 Å². The van der Waals surface area contributed by atoms with Crippen LogP contribution in [0.1, 0.15) is 93.9 Å². The molecule has 44 heavy (non-hydrogen) atoms. The monoisotopic (exact) mass is 657 g/mol. The number of hydrogen-bond acceptors (Lipinski definition) is 11. The highest BCUT2D eigenvalue weighted by molar-refractivity contribution is 7.53. The molecule has 3 fully saturated rings. The van der Waals surface area contributed by atoms with Crippen molar-refractivity contribution in [2.75, 3.05) is 18.3 Å². The van der Waals surface area contributed by atoms with Gasteiger partial charge in [0.15, 0.2) is 11.4 Å². The van der Waals surface area contributed by atoms with Crippen LogP contribution in [0.3, 0.4) is 0 Å². The molecule has 3 aliphatic rings. The number of hydrogen-bond donors (Lipinski definition) is 1. The molecule has 248 valence electrons. The van der Waals surface area contributed by atoms with E-state index in [0.717, 1.165) is 18.2 Å². The van der Waals surface area contributed by atoms with E-state index in [4.69, 9.17) is 39.6 Å². The van der Waals surface area contributed by atoms with Crippen LogP contribution in [0.5, 0.6) is 0 Å². The molecule has 0 unspecified atom stereocenters. The number of halogens is 1. The third-order valence-corrected chi connectivity index (χ3v) is 9.94. The zero-order valence-corrected chi connectivity index (χ0v) is 29.0. The smallest absolute Gasteiger partial charge is 0.357 e. The van der Waals surface area contributed by atoms with Crippen molar-refractivity contribution in [3.63, 3.8) is 0 Å². The summed E-state index contributed by atoms with van der Waals surface area (Å²) in [4.78, 5) is 9.03. The molecule has 5 rings (SSSR count). The van der Waals surface area contributed by atoms with Crippen molar-refractivity contribution in [2.24, 2.45) is 0 Å². The Morgan fingerprint density at radius 2 is 1.61 bits per heavy atom. The van der Waals surface area contributed by atoms with Crippen molar-refractivity contribution in [2.45, 2.75) is 148 Å². The minimum absolute atomic E-state index is 0.116. The van der Waals surface area contributed by atoms with Crippen molar-refractivity contribution in [1.82, 2.24) is 19.7 Å². The van der Waals surface area contributed by atoms with E-state index in [-0.39, 0.29) is 24.3 Å². The highest BCUT2D eigenvalue weighted by atomic mass is 35.5. The third kappa shape index (κ3) is 8.70. The Labute approximate surface area is 265 Å². The summed E-state index contributed by atoms with van der Waals surface area (Å²) in [5.74, 6) is -0.0983. The summed E-state index contributed by atoms with van der Waals surface area (Å²) in [6.07, 6.45) is 7.05. The maximum absolute atomic E-state index is 13.6. The summed E-state index contributed by atoms with van der Waals surface area (Å²) in [5.41, 5.74) is -0.736. The number of fused-ring (bicyclic) bond motifs is 2. The third-order valence-electron chi connectivity index (χ3n) is 7.62. The molecule has 14 heteroatoms. The topological polar surface area (TPSA) is 128 Å². The lowest BCUT2D eigenvalue weighted by Gasteiger charge is -2.32. The zero-order chi connectivity index (χ0) is 31.9. The van der Waals surface area contributed by atoms with Gasteiger partial charge in [-0.15, -0.1) is 0 Å². The number of nitrogens with zero attached hydrogens (tertiary/aromatic N) is 4. The Balaban J connectivity index is 1.30. The minimum atomic E-state index is -3.58. The van der Waals surface area contributed by atoms with Crippen LogP contribution in [0, 0.1) is 0 Å². The van der Waals surface area contributed by atoms with Gasteiger partial charge in [0.2, 0.25) is 5.28 Å². The predicted octanol–water partition coefficient (Wildman–Crippen LogP) is 6.70. The van der Waals surface area contributed by atoms with Gasteiger partial charge in [0.05, 0.1) is 35.9 Å². The van der Waals surface area contributed by atoms with E-state index < -0.39 is 42.9 Å². The fourth-order valence-corrected chi connectivity index (χ4v) is 8.50. The van der Waals surface area contributed by atoms with Crippen molar-refractivity contribution in [1.29, 1.82) is 0 Å². The molecule has 1 aliphatic carbocycles. The minimum Gasteiger partial charge on any atom is -0.367 e. The number of nitrogens with one attached hydrogen (secondary N) is 1. The summed E-state index contributed by atoms with van der Waals surface area (Å²) in [5, 5.41) is 9.22. The molecule has 2 aliphatic heterocycles. The van der Waals surface area contributed by atoms with Crippen molar-refractivity contribution in [3.05, 3.63) is 11.5 Å². The molecule has 2 saturated heterocycles. The van der Waals surface area contributed by atoms with Gasteiger partial charge in [-0.3, -0.25) is 4.57 Å². The van der Waals surface area contributed by atoms with Crippen molar-refractivity contribution >= 4 is 36.0 Å². The molecular weight excluding hydrogens is 609 g/mol. The highest BCUT2D eigenvalue weighted by Crippen LogP contribution is 2.54. The van der Waals surface area contributed by atoms with Gasteiger partial charge < -0.3 is 33.3 Å². The molecule has 1 N–H and O–H groups in total. The van der Waals surface area contributed by atoms with Crippen LogP contribution in [-0.4, -0.2) is 80.2 Å². The van der Waals surface area contributed by atoms with Gasteiger partial charge in [0.25, 0.3) is 0 Å². The second-order valence-electron chi connectivity index (χ2n) is 14.5. The van der Waals surface area contributed by atoms with Gasteiger partial charge in [-0.1, -0.05) is 25.7 Å². The summed E-state index contributed by atoms with van der Waals surface area (Å²) in [6.45, 7) is 15.2. The Bertz CT molecular complexity index is 1320. The van der Waals surface area contributed by atoms with Crippen LogP contribution in [0.4, 0.5) is 5.82 Å². The first-order valence-corrected chi connectivity index (χ1v) is 17.8. The molecule has 4 atom stereocenters. The first kappa shape index (κ1) is 34.0. The lowest BCUT2D eigenvalue weighted by molar-refractivity contribution is -0.193. The van der Waals surface area contributed by atoms with E-state index in [1.54, 1.807) is 10.9 Å². The molecule has 0 amide bonds. The van der Waals surface area contributed by atoms with Crippen molar-refractivity contribution < 1.29 is 32.6 Å². The van der Waals surface area contributed by atoms with Crippen LogP contribution >= 0.6 is 19.2 Å². The fraction of sp³-hybridized carbons (Fsp3) is 0.833. The normalized spacial score (nSPS) is 26.7. The van der Waals surface area contributed by atoms with Gasteiger partial charge in [-0.2, -0.15) is 15.1 Å². The van der Waals surface area contributed by atoms with E-state index >= 15 is 0 Å². The average Bonchev–Trinajstić information content (AvgIpc) is 3.41. The van der Waals surface area contributed by atoms with E-state index in [1.807, 2.05) is 55.4 Å². The van der Waals surface area contributed by atoms with Gasteiger partial charge >= 0.3 is 7.60 Å².